The Morgan fingerprint density at radius 1 is 1.20 bits per heavy atom. The second-order valence-electron chi connectivity index (χ2n) is 8.59. The number of rotatable bonds is 8. The van der Waals surface area contributed by atoms with E-state index in [1.165, 1.54) is 23.6 Å². The number of nitrogens with zero attached hydrogens (tertiary/aromatic N) is 3. The molecule has 186 valence electrons. The number of fused-ring (bicyclic) bond motifs is 1. The summed E-state index contributed by atoms with van der Waals surface area (Å²) in [4.78, 5) is 12.3. The van der Waals surface area contributed by atoms with E-state index < -0.39 is 10.0 Å². The van der Waals surface area contributed by atoms with E-state index in [1.54, 1.807) is 37.1 Å². The molecular formula is C24H28N4O5S2. The van der Waals surface area contributed by atoms with Crippen LogP contribution in [-0.2, 0) is 19.5 Å². The van der Waals surface area contributed by atoms with E-state index in [2.05, 4.69) is 9.97 Å². The Labute approximate surface area is 208 Å². The van der Waals surface area contributed by atoms with Crippen molar-refractivity contribution in [2.75, 3.05) is 51.4 Å². The van der Waals surface area contributed by atoms with Crippen LogP contribution in [0, 0.1) is 0 Å². The highest BCUT2D eigenvalue weighted by atomic mass is 32.2. The summed E-state index contributed by atoms with van der Waals surface area (Å²) in [5.74, 6) is 0.556. The minimum absolute atomic E-state index is 0.0229. The van der Waals surface area contributed by atoms with E-state index in [4.69, 9.17) is 19.2 Å². The average Bonchev–Trinajstić information content (AvgIpc) is 3.49. The molecule has 1 saturated heterocycles. The van der Waals surface area contributed by atoms with Crippen molar-refractivity contribution in [3.63, 3.8) is 0 Å². The van der Waals surface area contributed by atoms with Crippen molar-refractivity contribution < 1.29 is 22.6 Å². The van der Waals surface area contributed by atoms with E-state index in [-0.39, 0.29) is 9.77 Å². The Morgan fingerprint density at radius 2 is 2.03 bits per heavy atom. The zero-order valence-corrected chi connectivity index (χ0v) is 21.3. The quantitative estimate of drug-likeness (QED) is 0.457. The third-order valence-electron chi connectivity index (χ3n) is 6.30. The maximum atomic E-state index is 13.4. The van der Waals surface area contributed by atoms with Crippen LogP contribution in [0.4, 0.5) is 5.69 Å². The molecule has 1 fully saturated rings. The molecule has 2 aromatic heterocycles. The fourth-order valence-electron chi connectivity index (χ4n) is 4.29. The van der Waals surface area contributed by atoms with Gasteiger partial charge in [0.25, 0.3) is 10.0 Å². The number of aromatic amines is 1. The van der Waals surface area contributed by atoms with Crippen LogP contribution in [0.25, 0.3) is 10.9 Å². The summed E-state index contributed by atoms with van der Waals surface area (Å²) in [5.41, 5.74) is 2.03. The van der Waals surface area contributed by atoms with Crippen LogP contribution in [0.3, 0.4) is 0 Å². The van der Waals surface area contributed by atoms with Crippen LogP contribution >= 0.6 is 11.8 Å². The van der Waals surface area contributed by atoms with Crippen LogP contribution in [0.15, 0.2) is 52.6 Å². The number of benzene rings is 1. The molecule has 2 aliphatic heterocycles. The SMILES string of the molecule is COCCOc1cc(N(C)S(=O)(=O)c2ccccn2)c2[nH]c(C3=NCC4(CCOCC4)S3)cc2c1. The lowest BCUT2D eigenvalue weighted by atomic mass is 9.99. The van der Waals surface area contributed by atoms with Crippen LogP contribution in [0.2, 0.25) is 0 Å². The van der Waals surface area contributed by atoms with Gasteiger partial charge in [-0.1, -0.05) is 17.8 Å². The molecule has 0 saturated carbocycles. The molecule has 0 amide bonds. The standard InChI is InChI=1S/C24H28N4O5S2/c1-28(35(29,30)21-5-3-4-8-25-21)20-15-18(33-12-11-31-2)13-17-14-19(27-22(17)20)23-26-16-24(34-23)6-9-32-10-7-24/h3-5,8,13-15,27H,6-7,9-12,16H2,1-2H3. The molecule has 4 heterocycles. The number of nitrogens with one attached hydrogen (secondary N) is 1. The molecule has 0 radical (unpaired) electrons. The number of anilines is 1. The summed E-state index contributed by atoms with van der Waals surface area (Å²) in [5, 5.41) is 1.75. The van der Waals surface area contributed by atoms with Crippen LogP contribution in [0.5, 0.6) is 5.75 Å². The van der Waals surface area contributed by atoms with E-state index in [0.29, 0.717) is 30.2 Å². The first-order valence-electron chi connectivity index (χ1n) is 11.4. The monoisotopic (exact) mass is 516 g/mol. The first-order chi connectivity index (χ1) is 16.9. The van der Waals surface area contributed by atoms with Crippen LogP contribution in [-0.4, -0.2) is 75.3 Å². The average molecular weight is 517 g/mol. The fraction of sp³-hybridized carbons (Fsp3) is 0.417. The summed E-state index contributed by atoms with van der Waals surface area (Å²) in [6.07, 6.45) is 3.41. The smallest absolute Gasteiger partial charge is 0.281 e. The highest BCUT2D eigenvalue weighted by Crippen LogP contribution is 2.43. The van der Waals surface area contributed by atoms with E-state index in [9.17, 15) is 8.42 Å². The summed E-state index contributed by atoms with van der Waals surface area (Å²) >= 11 is 1.79. The van der Waals surface area contributed by atoms with Crippen molar-refractivity contribution in [3.05, 3.63) is 48.3 Å². The van der Waals surface area contributed by atoms with E-state index >= 15 is 0 Å². The molecule has 0 unspecified atom stereocenters. The number of hydrogen-bond donors (Lipinski definition) is 1. The van der Waals surface area contributed by atoms with Crippen molar-refractivity contribution in [2.24, 2.45) is 4.99 Å². The maximum Gasteiger partial charge on any atom is 0.281 e. The van der Waals surface area contributed by atoms with Gasteiger partial charge in [0.1, 0.15) is 17.4 Å². The molecule has 3 aromatic rings. The molecule has 0 atom stereocenters. The van der Waals surface area contributed by atoms with Gasteiger partial charge in [-0.2, -0.15) is 8.42 Å². The van der Waals surface area contributed by atoms with Crippen molar-refractivity contribution in [1.29, 1.82) is 0 Å². The van der Waals surface area contributed by atoms with Gasteiger partial charge in [0.2, 0.25) is 0 Å². The topological polar surface area (TPSA) is 106 Å². The first-order valence-corrected chi connectivity index (χ1v) is 13.7. The molecule has 1 spiro atoms. The number of hydrogen-bond acceptors (Lipinski definition) is 8. The lowest BCUT2D eigenvalue weighted by molar-refractivity contribution is 0.0801. The molecule has 0 aliphatic carbocycles. The number of methoxy groups -OCH3 is 1. The predicted octanol–water partition coefficient (Wildman–Crippen LogP) is 3.46. The number of aromatic nitrogens is 2. The molecular weight excluding hydrogens is 488 g/mol. The summed E-state index contributed by atoms with van der Waals surface area (Å²) in [6.45, 7) is 3.05. The molecule has 0 bridgehead atoms. The van der Waals surface area contributed by atoms with Crippen LogP contribution < -0.4 is 9.04 Å². The molecule has 9 nitrogen and oxygen atoms in total. The minimum Gasteiger partial charge on any atom is -0.491 e. The van der Waals surface area contributed by atoms with Crippen molar-refractivity contribution in [2.45, 2.75) is 22.6 Å². The van der Waals surface area contributed by atoms with Gasteiger partial charge < -0.3 is 19.2 Å². The first kappa shape index (κ1) is 24.1. The largest absolute Gasteiger partial charge is 0.491 e. The number of H-pyrrole nitrogens is 1. The van der Waals surface area contributed by atoms with Gasteiger partial charge >= 0.3 is 0 Å². The third-order valence-corrected chi connectivity index (χ3v) is 9.50. The van der Waals surface area contributed by atoms with Crippen molar-refractivity contribution >= 4 is 43.4 Å². The number of pyridine rings is 1. The molecule has 11 heteroatoms. The Kier molecular flexibility index (Phi) is 6.75. The van der Waals surface area contributed by atoms with Gasteiger partial charge in [-0.05, 0) is 37.1 Å². The van der Waals surface area contributed by atoms with Crippen LogP contribution in [0.1, 0.15) is 18.5 Å². The number of sulfonamides is 1. The zero-order chi connectivity index (χ0) is 24.5. The molecule has 1 aromatic carbocycles. The van der Waals surface area contributed by atoms with E-state index in [1.807, 2.05) is 12.1 Å². The molecule has 35 heavy (non-hydrogen) atoms. The second-order valence-corrected chi connectivity index (χ2v) is 12.0. The van der Waals surface area contributed by atoms with Gasteiger partial charge in [-0.3, -0.25) is 9.30 Å². The Balaban J connectivity index is 1.53. The molecule has 2 aliphatic rings. The predicted molar refractivity (Wildman–Crippen MR) is 137 cm³/mol. The Morgan fingerprint density at radius 3 is 2.77 bits per heavy atom. The lowest BCUT2D eigenvalue weighted by Gasteiger charge is -2.31. The normalized spacial score (nSPS) is 17.6. The van der Waals surface area contributed by atoms with Gasteiger partial charge in [0.15, 0.2) is 5.03 Å². The molecule has 5 rings (SSSR count). The summed E-state index contributed by atoms with van der Waals surface area (Å²) in [6, 6.07) is 10.5. The zero-order valence-electron chi connectivity index (χ0n) is 19.7. The number of thioether (sulfide) groups is 1. The van der Waals surface area contributed by atoms with Gasteiger partial charge in [-0.25, -0.2) is 4.98 Å². The number of aliphatic imine (C=N–C) groups is 1. The van der Waals surface area contributed by atoms with Gasteiger partial charge in [0.05, 0.1) is 30.0 Å². The maximum absolute atomic E-state index is 13.4. The lowest BCUT2D eigenvalue weighted by Crippen LogP contribution is -2.34. The molecule has 1 N–H and O–H groups in total. The van der Waals surface area contributed by atoms with Gasteiger partial charge in [0, 0.05) is 49.8 Å². The Hall–Kier alpha value is -2.60. The van der Waals surface area contributed by atoms with Crippen molar-refractivity contribution in [1.82, 2.24) is 9.97 Å². The van der Waals surface area contributed by atoms with E-state index in [0.717, 1.165) is 48.7 Å². The Bertz CT molecular complexity index is 1330. The minimum atomic E-state index is -3.88. The third kappa shape index (κ3) is 4.77. The highest BCUT2D eigenvalue weighted by Gasteiger charge is 2.39. The fourth-order valence-corrected chi connectivity index (χ4v) is 6.67. The van der Waals surface area contributed by atoms with Crippen molar-refractivity contribution in [3.8, 4) is 5.75 Å². The highest BCUT2D eigenvalue weighted by molar-refractivity contribution is 8.15. The second kappa shape index (κ2) is 9.81. The number of ether oxygens (including phenoxy) is 3. The van der Waals surface area contributed by atoms with Gasteiger partial charge in [-0.15, -0.1) is 0 Å². The summed E-state index contributed by atoms with van der Waals surface area (Å²) < 4.78 is 44.6. The summed E-state index contributed by atoms with van der Waals surface area (Å²) in [7, 11) is -0.754.